The Morgan fingerprint density at radius 3 is 2.86 bits per heavy atom. The van der Waals surface area contributed by atoms with E-state index in [-0.39, 0.29) is 0 Å². The molecule has 0 bridgehead atoms. The fourth-order valence-corrected chi connectivity index (χ4v) is 4.60. The van der Waals surface area contributed by atoms with E-state index in [9.17, 15) is 5.11 Å². The van der Waals surface area contributed by atoms with Crippen LogP contribution in [0.1, 0.15) is 62.5 Å². The van der Waals surface area contributed by atoms with Crippen LogP contribution >= 0.6 is 0 Å². The van der Waals surface area contributed by atoms with Gasteiger partial charge in [-0.3, -0.25) is 0 Å². The van der Waals surface area contributed by atoms with Crippen molar-refractivity contribution in [2.45, 2.75) is 57.8 Å². The van der Waals surface area contributed by atoms with Gasteiger partial charge in [-0.25, -0.2) is 0 Å². The summed E-state index contributed by atoms with van der Waals surface area (Å²) in [7, 11) is 0. The molecule has 1 heteroatoms. The normalized spacial score (nSPS) is 31.2. The first-order valence-corrected chi connectivity index (χ1v) is 8.36. The molecule has 110 valence electrons. The zero-order chi connectivity index (χ0) is 14.4. The second-order valence-electron chi connectivity index (χ2n) is 7.35. The highest BCUT2D eigenvalue weighted by Gasteiger charge is 2.41. The van der Waals surface area contributed by atoms with Crippen LogP contribution in [0.5, 0.6) is 5.75 Å². The van der Waals surface area contributed by atoms with E-state index in [1.807, 2.05) is 12.1 Å². The second-order valence-corrected chi connectivity index (χ2v) is 7.35. The zero-order valence-electron chi connectivity index (χ0n) is 12.9. The number of aryl methyl sites for hydroxylation is 1. The van der Waals surface area contributed by atoms with Crippen LogP contribution in [0.4, 0.5) is 0 Å². The molecule has 3 aliphatic carbocycles. The van der Waals surface area contributed by atoms with E-state index in [1.165, 1.54) is 49.7 Å². The molecule has 0 radical (unpaired) electrons. The van der Waals surface area contributed by atoms with Crippen LogP contribution < -0.4 is 0 Å². The maximum absolute atomic E-state index is 9.75. The molecule has 0 fully saturated rings. The lowest BCUT2D eigenvalue weighted by Gasteiger charge is -2.46. The smallest absolute Gasteiger partial charge is 0.115 e. The number of allylic oxidation sites excluding steroid dienone is 4. The van der Waals surface area contributed by atoms with Gasteiger partial charge in [0.05, 0.1) is 0 Å². The Kier molecular flexibility index (Phi) is 2.99. The summed E-state index contributed by atoms with van der Waals surface area (Å²) in [6.45, 7) is 2.46. The molecule has 0 heterocycles. The summed E-state index contributed by atoms with van der Waals surface area (Å²) in [5, 5.41) is 9.75. The van der Waals surface area contributed by atoms with E-state index < -0.39 is 0 Å². The topological polar surface area (TPSA) is 20.2 Å². The molecule has 0 amide bonds. The molecule has 2 atom stereocenters. The predicted molar refractivity (Wildman–Crippen MR) is 86.5 cm³/mol. The second kappa shape index (κ2) is 4.76. The van der Waals surface area contributed by atoms with Crippen LogP contribution in [0.15, 0.2) is 41.5 Å². The monoisotopic (exact) mass is 280 g/mol. The van der Waals surface area contributed by atoms with Gasteiger partial charge in [0.1, 0.15) is 5.75 Å². The van der Waals surface area contributed by atoms with Crippen molar-refractivity contribution in [2.75, 3.05) is 0 Å². The van der Waals surface area contributed by atoms with Gasteiger partial charge in [0, 0.05) is 0 Å². The van der Waals surface area contributed by atoms with Crippen molar-refractivity contribution >= 4 is 0 Å². The van der Waals surface area contributed by atoms with Crippen LogP contribution in [0.2, 0.25) is 0 Å². The van der Waals surface area contributed by atoms with Gasteiger partial charge in [0.15, 0.2) is 0 Å². The fourth-order valence-electron chi connectivity index (χ4n) is 4.60. The first-order valence-electron chi connectivity index (χ1n) is 8.36. The highest BCUT2D eigenvalue weighted by molar-refractivity contribution is 5.45. The van der Waals surface area contributed by atoms with Crippen molar-refractivity contribution in [3.05, 3.63) is 52.6 Å². The Morgan fingerprint density at radius 1 is 1.14 bits per heavy atom. The molecule has 3 aliphatic rings. The van der Waals surface area contributed by atoms with Gasteiger partial charge in [-0.15, -0.1) is 0 Å². The minimum atomic E-state index is 0.409. The maximum Gasteiger partial charge on any atom is 0.115 e. The number of hydrogen-bond donors (Lipinski definition) is 1. The number of benzene rings is 1. The first kappa shape index (κ1) is 13.2. The SMILES string of the molecule is CC12CC=C(C3=CCCC3)CC1c1ccc(O)cc1CC2. The largest absolute Gasteiger partial charge is 0.508 e. The predicted octanol–water partition coefficient (Wildman–Crippen LogP) is 5.26. The Bertz CT molecular complexity index is 637. The van der Waals surface area contributed by atoms with Gasteiger partial charge < -0.3 is 5.11 Å². The van der Waals surface area contributed by atoms with Crippen molar-refractivity contribution < 1.29 is 5.11 Å². The standard InChI is InChI=1S/C20H24O/c1-20-10-8-15(14-4-2-3-5-14)13-19(20)18-7-6-17(21)12-16(18)9-11-20/h4,6-8,12,19,21H,2-3,5,9-11,13H2,1H3. The molecule has 1 aromatic rings. The summed E-state index contributed by atoms with van der Waals surface area (Å²) >= 11 is 0. The average Bonchev–Trinajstić information content (AvgIpc) is 3.00. The van der Waals surface area contributed by atoms with Crippen LogP contribution in [0.25, 0.3) is 0 Å². The molecule has 1 nitrogen and oxygen atoms in total. The van der Waals surface area contributed by atoms with Gasteiger partial charge in [-0.1, -0.05) is 25.1 Å². The summed E-state index contributed by atoms with van der Waals surface area (Å²) in [6, 6.07) is 6.04. The van der Waals surface area contributed by atoms with Gasteiger partial charge in [-0.2, -0.15) is 0 Å². The minimum Gasteiger partial charge on any atom is -0.508 e. The van der Waals surface area contributed by atoms with E-state index in [2.05, 4.69) is 25.1 Å². The number of fused-ring (bicyclic) bond motifs is 3. The molecular formula is C20H24O. The van der Waals surface area contributed by atoms with E-state index in [1.54, 1.807) is 11.1 Å². The molecule has 0 aromatic heterocycles. The maximum atomic E-state index is 9.75. The average molecular weight is 280 g/mol. The van der Waals surface area contributed by atoms with Crippen molar-refractivity contribution in [3.8, 4) is 5.75 Å². The molecule has 0 saturated carbocycles. The third-order valence-corrected chi connectivity index (χ3v) is 6.00. The molecule has 21 heavy (non-hydrogen) atoms. The Labute approximate surface area is 127 Å². The van der Waals surface area contributed by atoms with Crippen molar-refractivity contribution in [1.29, 1.82) is 0 Å². The summed E-state index contributed by atoms with van der Waals surface area (Å²) in [5.74, 6) is 1.05. The Morgan fingerprint density at radius 2 is 2.05 bits per heavy atom. The highest BCUT2D eigenvalue weighted by atomic mass is 16.3. The van der Waals surface area contributed by atoms with Crippen LogP contribution in [0, 0.1) is 5.41 Å². The summed E-state index contributed by atoms with van der Waals surface area (Å²) < 4.78 is 0. The van der Waals surface area contributed by atoms with Gasteiger partial charge in [0.2, 0.25) is 0 Å². The third kappa shape index (κ3) is 2.14. The van der Waals surface area contributed by atoms with E-state index in [4.69, 9.17) is 0 Å². The van der Waals surface area contributed by atoms with Crippen LogP contribution in [-0.4, -0.2) is 5.11 Å². The fraction of sp³-hybridized carbons (Fsp3) is 0.500. The number of phenolic OH excluding ortho intramolecular Hbond substituents is 1. The van der Waals surface area contributed by atoms with Crippen molar-refractivity contribution in [3.63, 3.8) is 0 Å². The lowest BCUT2D eigenvalue weighted by atomic mass is 9.59. The molecular weight excluding hydrogens is 256 g/mol. The van der Waals surface area contributed by atoms with Gasteiger partial charge in [0.25, 0.3) is 0 Å². The molecule has 1 N–H and O–H groups in total. The van der Waals surface area contributed by atoms with Gasteiger partial charge in [-0.05, 0) is 90.7 Å². The van der Waals surface area contributed by atoms with Crippen molar-refractivity contribution in [1.82, 2.24) is 0 Å². The quantitative estimate of drug-likeness (QED) is 0.744. The molecule has 0 spiro atoms. The number of aromatic hydroxyl groups is 1. The van der Waals surface area contributed by atoms with Crippen LogP contribution in [0.3, 0.4) is 0 Å². The summed E-state index contributed by atoms with van der Waals surface area (Å²) in [4.78, 5) is 0. The molecule has 2 unspecified atom stereocenters. The summed E-state index contributed by atoms with van der Waals surface area (Å²) in [6.07, 6.45) is 13.6. The number of phenols is 1. The molecule has 0 aliphatic heterocycles. The van der Waals surface area contributed by atoms with E-state index in [0.717, 1.165) is 6.42 Å². The Hall–Kier alpha value is -1.50. The number of rotatable bonds is 1. The van der Waals surface area contributed by atoms with Crippen LogP contribution in [-0.2, 0) is 6.42 Å². The Balaban J connectivity index is 1.72. The van der Waals surface area contributed by atoms with E-state index in [0.29, 0.717) is 17.1 Å². The lowest BCUT2D eigenvalue weighted by molar-refractivity contribution is 0.205. The molecule has 4 rings (SSSR count). The lowest BCUT2D eigenvalue weighted by Crippen LogP contribution is -2.33. The molecule has 1 aromatic carbocycles. The summed E-state index contributed by atoms with van der Waals surface area (Å²) in [5.41, 5.74) is 6.50. The first-order chi connectivity index (χ1) is 10.2. The zero-order valence-corrected chi connectivity index (χ0v) is 12.9. The van der Waals surface area contributed by atoms with Crippen molar-refractivity contribution in [2.24, 2.45) is 5.41 Å². The molecule has 0 saturated heterocycles. The van der Waals surface area contributed by atoms with E-state index >= 15 is 0 Å². The minimum absolute atomic E-state index is 0.409. The highest BCUT2D eigenvalue weighted by Crippen LogP contribution is 2.54. The number of hydrogen-bond acceptors (Lipinski definition) is 1. The van der Waals surface area contributed by atoms with Gasteiger partial charge >= 0.3 is 0 Å². The third-order valence-electron chi connectivity index (χ3n) is 6.00.